The zero-order valence-corrected chi connectivity index (χ0v) is 6.21. The van der Waals surface area contributed by atoms with Gasteiger partial charge in [0.05, 0.1) is 6.67 Å². The zero-order chi connectivity index (χ0) is 6.97. The predicted molar refractivity (Wildman–Crippen MR) is 40.0 cm³/mol. The highest BCUT2D eigenvalue weighted by Crippen LogP contribution is 2.36. The summed E-state index contributed by atoms with van der Waals surface area (Å²) in [7, 11) is 0. The van der Waals surface area contributed by atoms with Crippen molar-refractivity contribution in [2.45, 2.75) is 25.3 Å². The lowest BCUT2D eigenvalue weighted by molar-refractivity contribution is 0.199. The van der Waals surface area contributed by atoms with Crippen LogP contribution < -0.4 is 11.3 Å². The molecule has 3 N–H and O–H groups in total. The summed E-state index contributed by atoms with van der Waals surface area (Å²) >= 11 is 0. The fourth-order valence-corrected chi connectivity index (χ4v) is 2.34. The summed E-state index contributed by atoms with van der Waals surface area (Å²) in [5, 5.41) is 0. The Labute approximate surface area is 61.5 Å². The van der Waals surface area contributed by atoms with Crippen LogP contribution in [-0.4, -0.2) is 24.2 Å². The highest BCUT2D eigenvalue weighted by atomic mass is 15.4. The largest absolute Gasteiger partial charge is 0.286 e. The van der Waals surface area contributed by atoms with E-state index in [2.05, 4.69) is 10.3 Å². The number of hydrogen-bond acceptors (Lipinski definition) is 3. The molecule has 2 atom stereocenters. The van der Waals surface area contributed by atoms with Crippen molar-refractivity contribution in [3.63, 3.8) is 0 Å². The number of fused-ring (bicyclic) bond motifs is 2. The van der Waals surface area contributed by atoms with Crippen molar-refractivity contribution in [2.24, 2.45) is 11.8 Å². The van der Waals surface area contributed by atoms with E-state index in [4.69, 9.17) is 5.84 Å². The van der Waals surface area contributed by atoms with Crippen LogP contribution in [0.5, 0.6) is 0 Å². The number of piperidine rings is 1. The molecule has 1 saturated carbocycles. The van der Waals surface area contributed by atoms with E-state index >= 15 is 0 Å². The van der Waals surface area contributed by atoms with Gasteiger partial charge in [-0.05, 0) is 25.2 Å². The van der Waals surface area contributed by atoms with Crippen molar-refractivity contribution in [2.75, 3.05) is 13.2 Å². The molecule has 1 saturated heterocycles. The van der Waals surface area contributed by atoms with Gasteiger partial charge in [0.15, 0.2) is 0 Å². The van der Waals surface area contributed by atoms with Gasteiger partial charge in [0, 0.05) is 12.6 Å². The van der Waals surface area contributed by atoms with Gasteiger partial charge in [-0.3, -0.25) is 10.7 Å². The van der Waals surface area contributed by atoms with Gasteiger partial charge in [0.25, 0.3) is 0 Å². The number of hydrazine groups is 1. The van der Waals surface area contributed by atoms with Crippen molar-refractivity contribution < 1.29 is 0 Å². The Morgan fingerprint density at radius 3 is 2.90 bits per heavy atom. The number of nitrogens with zero attached hydrogens (tertiary/aromatic N) is 1. The second-order valence-corrected chi connectivity index (χ2v) is 3.47. The predicted octanol–water partition coefficient (Wildman–Crippen LogP) is -0.109. The van der Waals surface area contributed by atoms with Crippen molar-refractivity contribution in [3.8, 4) is 0 Å². The fraction of sp³-hybridized carbons (Fsp3) is 1.00. The van der Waals surface area contributed by atoms with E-state index in [0.29, 0.717) is 0 Å². The Kier molecular flexibility index (Phi) is 1.64. The molecule has 0 radical (unpaired) electrons. The minimum absolute atomic E-state index is 0.848. The quantitative estimate of drug-likeness (QED) is 0.416. The molecular weight excluding hydrogens is 126 g/mol. The third-order valence-corrected chi connectivity index (χ3v) is 2.82. The van der Waals surface area contributed by atoms with Gasteiger partial charge in [-0.25, -0.2) is 5.43 Å². The standard InChI is InChI=1S/C7H15N3/c8-9-5-10-4-6-1-2-7(10)3-6/h6-7,9H,1-5,8H2/t6-,7+/m1/s1. The van der Waals surface area contributed by atoms with Crippen LogP contribution in [0.4, 0.5) is 0 Å². The number of likely N-dealkylation sites (tertiary alicyclic amines) is 1. The summed E-state index contributed by atoms with van der Waals surface area (Å²) in [6.07, 6.45) is 4.26. The molecule has 2 fully saturated rings. The van der Waals surface area contributed by atoms with Gasteiger partial charge in [-0.2, -0.15) is 0 Å². The van der Waals surface area contributed by atoms with Gasteiger partial charge in [0.1, 0.15) is 0 Å². The third-order valence-electron chi connectivity index (χ3n) is 2.82. The SMILES string of the molecule is NNCN1C[C@@H]2CC[C@H]1C2. The third kappa shape index (κ3) is 0.944. The molecule has 0 amide bonds. The molecule has 0 unspecified atom stereocenters. The lowest BCUT2D eigenvalue weighted by atomic mass is 10.1. The smallest absolute Gasteiger partial charge is 0.0614 e. The van der Waals surface area contributed by atoms with Crippen LogP contribution in [0, 0.1) is 5.92 Å². The minimum Gasteiger partial charge on any atom is -0.286 e. The lowest BCUT2D eigenvalue weighted by Gasteiger charge is -2.25. The molecule has 0 aromatic heterocycles. The van der Waals surface area contributed by atoms with E-state index in [-0.39, 0.29) is 0 Å². The van der Waals surface area contributed by atoms with Gasteiger partial charge >= 0.3 is 0 Å². The maximum atomic E-state index is 5.25. The van der Waals surface area contributed by atoms with E-state index in [1.165, 1.54) is 25.8 Å². The van der Waals surface area contributed by atoms with Crippen molar-refractivity contribution >= 4 is 0 Å². The number of hydrogen-bond donors (Lipinski definition) is 2. The molecule has 58 valence electrons. The minimum atomic E-state index is 0.848. The molecule has 2 rings (SSSR count). The van der Waals surface area contributed by atoms with Gasteiger partial charge < -0.3 is 0 Å². The summed E-state index contributed by atoms with van der Waals surface area (Å²) in [5.41, 5.74) is 2.72. The van der Waals surface area contributed by atoms with Crippen molar-refractivity contribution in [1.82, 2.24) is 10.3 Å². The summed E-state index contributed by atoms with van der Waals surface area (Å²) in [5.74, 6) is 6.23. The van der Waals surface area contributed by atoms with E-state index in [9.17, 15) is 0 Å². The summed E-state index contributed by atoms with van der Waals surface area (Å²) in [6, 6.07) is 0.848. The van der Waals surface area contributed by atoms with Crippen LogP contribution in [0.1, 0.15) is 19.3 Å². The highest BCUT2D eigenvalue weighted by Gasteiger charge is 2.36. The monoisotopic (exact) mass is 141 g/mol. The van der Waals surface area contributed by atoms with Crippen LogP contribution in [0.3, 0.4) is 0 Å². The number of nitrogens with two attached hydrogens (primary N) is 1. The molecule has 0 aromatic rings. The van der Waals surface area contributed by atoms with Gasteiger partial charge in [0.2, 0.25) is 0 Å². The van der Waals surface area contributed by atoms with Crippen LogP contribution in [-0.2, 0) is 0 Å². The number of rotatable bonds is 2. The first-order valence-corrected chi connectivity index (χ1v) is 4.07. The Balaban J connectivity index is 1.90. The maximum absolute atomic E-state index is 5.25. The molecule has 1 aliphatic carbocycles. The Morgan fingerprint density at radius 2 is 2.40 bits per heavy atom. The fourth-order valence-electron chi connectivity index (χ4n) is 2.34. The first-order valence-electron chi connectivity index (χ1n) is 4.07. The van der Waals surface area contributed by atoms with E-state index in [0.717, 1.165) is 18.6 Å². The topological polar surface area (TPSA) is 41.3 Å². The molecule has 1 heterocycles. The molecule has 1 aliphatic heterocycles. The van der Waals surface area contributed by atoms with Crippen molar-refractivity contribution in [3.05, 3.63) is 0 Å². The van der Waals surface area contributed by atoms with Crippen LogP contribution in [0.2, 0.25) is 0 Å². The molecule has 3 nitrogen and oxygen atoms in total. The van der Waals surface area contributed by atoms with Crippen molar-refractivity contribution in [1.29, 1.82) is 0 Å². The Hall–Kier alpha value is -0.120. The molecular formula is C7H15N3. The first-order chi connectivity index (χ1) is 4.90. The Bertz CT molecular complexity index is 126. The van der Waals surface area contributed by atoms with E-state index < -0.39 is 0 Å². The molecule has 10 heavy (non-hydrogen) atoms. The van der Waals surface area contributed by atoms with Gasteiger partial charge in [-0.1, -0.05) is 0 Å². The molecule has 3 heteroatoms. The number of nitrogens with one attached hydrogen (secondary N) is 1. The Morgan fingerprint density at radius 1 is 1.50 bits per heavy atom. The summed E-state index contributed by atoms with van der Waals surface area (Å²) < 4.78 is 0. The van der Waals surface area contributed by atoms with Crippen LogP contribution in [0.15, 0.2) is 0 Å². The average Bonchev–Trinajstić information content (AvgIpc) is 2.48. The normalized spacial score (nSPS) is 39.3. The van der Waals surface area contributed by atoms with E-state index in [1.54, 1.807) is 0 Å². The lowest BCUT2D eigenvalue weighted by Crippen LogP contribution is -2.42. The molecule has 2 bridgehead atoms. The second-order valence-electron chi connectivity index (χ2n) is 3.47. The molecule has 0 aromatic carbocycles. The van der Waals surface area contributed by atoms with Gasteiger partial charge in [-0.15, -0.1) is 0 Å². The van der Waals surface area contributed by atoms with Crippen LogP contribution >= 0.6 is 0 Å². The van der Waals surface area contributed by atoms with Crippen LogP contribution in [0.25, 0.3) is 0 Å². The summed E-state index contributed by atoms with van der Waals surface area (Å²) in [4.78, 5) is 2.45. The highest BCUT2D eigenvalue weighted by molar-refractivity contribution is 4.91. The molecule has 0 spiro atoms. The first kappa shape index (κ1) is 6.58. The molecule has 2 aliphatic rings. The average molecular weight is 141 g/mol. The second kappa shape index (κ2) is 2.49. The maximum Gasteiger partial charge on any atom is 0.0614 e. The zero-order valence-electron chi connectivity index (χ0n) is 6.21. The summed E-state index contributed by atoms with van der Waals surface area (Å²) in [6.45, 7) is 2.15. The van der Waals surface area contributed by atoms with E-state index in [1.807, 2.05) is 0 Å².